The zero-order valence-corrected chi connectivity index (χ0v) is 14.3. The molecular formula is C18H21N3O2S. The van der Waals surface area contributed by atoms with Gasteiger partial charge in [-0.1, -0.05) is 30.3 Å². The molecule has 2 fully saturated rings. The molecule has 6 heteroatoms. The zero-order valence-electron chi connectivity index (χ0n) is 13.5. The Morgan fingerprint density at radius 1 is 1.29 bits per heavy atom. The average Bonchev–Trinajstić information content (AvgIpc) is 3.49. The van der Waals surface area contributed by atoms with Gasteiger partial charge >= 0.3 is 5.97 Å². The number of aromatic nitrogens is 3. The van der Waals surface area contributed by atoms with Crippen molar-refractivity contribution in [2.45, 2.75) is 43.4 Å². The molecule has 24 heavy (non-hydrogen) atoms. The van der Waals surface area contributed by atoms with Gasteiger partial charge < -0.3 is 5.11 Å². The normalized spacial score (nSPS) is 18.5. The number of aliphatic carboxylic acids is 1. The highest BCUT2D eigenvalue weighted by molar-refractivity contribution is 7.98. The van der Waals surface area contributed by atoms with Crippen molar-refractivity contribution < 1.29 is 9.90 Å². The van der Waals surface area contributed by atoms with Crippen LogP contribution in [-0.4, -0.2) is 31.6 Å². The van der Waals surface area contributed by atoms with E-state index in [-0.39, 0.29) is 12.0 Å². The van der Waals surface area contributed by atoms with Gasteiger partial charge in [-0.15, -0.1) is 0 Å². The third kappa shape index (κ3) is 3.20. The molecule has 1 N–H and O–H groups in total. The fourth-order valence-electron chi connectivity index (χ4n) is 3.06. The Kier molecular flexibility index (Phi) is 4.08. The number of thioether (sulfide) groups is 1. The second kappa shape index (κ2) is 6.24. The van der Waals surface area contributed by atoms with Crippen LogP contribution in [0.3, 0.4) is 0 Å². The van der Waals surface area contributed by atoms with Crippen molar-refractivity contribution in [2.24, 2.45) is 5.92 Å². The molecule has 0 atom stereocenters. The van der Waals surface area contributed by atoms with Gasteiger partial charge in [0.2, 0.25) is 0 Å². The molecule has 0 saturated heterocycles. The summed E-state index contributed by atoms with van der Waals surface area (Å²) in [6, 6.07) is 10.3. The number of hydrogen-bond donors (Lipinski definition) is 1. The summed E-state index contributed by atoms with van der Waals surface area (Å²) >= 11 is 1.84. The summed E-state index contributed by atoms with van der Waals surface area (Å²) in [5.74, 6) is 3.44. The predicted octanol–water partition coefficient (Wildman–Crippen LogP) is 3.09. The SMILES string of the molecule is O=C(O)Cn1nc(C2(c3ccccc3)CC2)nc1CSCC1CC1. The van der Waals surface area contributed by atoms with Gasteiger partial charge in [0.25, 0.3) is 0 Å². The van der Waals surface area contributed by atoms with E-state index in [2.05, 4.69) is 17.2 Å². The van der Waals surface area contributed by atoms with Crippen LogP contribution in [0.15, 0.2) is 30.3 Å². The molecule has 0 aliphatic heterocycles. The first kappa shape index (κ1) is 15.7. The second-order valence-electron chi connectivity index (χ2n) is 6.81. The highest BCUT2D eigenvalue weighted by Crippen LogP contribution is 2.52. The zero-order chi connectivity index (χ0) is 16.6. The second-order valence-corrected chi connectivity index (χ2v) is 7.84. The molecule has 2 aromatic rings. The minimum atomic E-state index is -0.871. The van der Waals surface area contributed by atoms with Crippen LogP contribution in [0.5, 0.6) is 0 Å². The van der Waals surface area contributed by atoms with Gasteiger partial charge in [-0.05, 0) is 42.9 Å². The number of carboxylic acids is 1. The predicted molar refractivity (Wildman–Crippen MR) is 93.0 cm³/mol. The molecule has 2 aliphatic rings. The first-order chi connectivity index (χ1) is 11.7. The molecule has 1 aromatic heterocycles. The molecule has 0 radical (unpaired) electrons. The van der Waals surface area contributed by atoms with Gasteiger partial charge in [-0.25, -0.2) is 9.67 Å². The maximum atomic E-state index is 11.2. The first-order valence-electron chi connectivity index (χ1n) is 8.47. The van der Waals surface area contributed by atoms with E-state index in [1.807, 2.05) is 30.0 Å². The fraction of sp³-hybridized carbons (Fsp3) is 0.500. The van der Waals surface area contributed by atoms with E-state index in [0.717, 1.165) is 41.9 Å². The van der Waals surface area contributed by atoms with Gasteiger partial charge in [0.1, 0.15) is 12.4 Å². The molecular weight excluding hydrogens is 322 g/mol. The van der Waals surface area contributed by atoms with E-state index in [1.165, 1.54) is 18.4 Å². The molecule has 5 nitrogen and oxygen atoms in total. The summed E-state index contributed by atoms with van der Waals surface area (Å²) in [7, 11) is 0. The lowest BCUT2D eigenvalue weighted by molar-refractivity contribution is -0.137. The molecule has 2 aliphatic carbocycles. The quantitative estimate of drug-likeness (QED) is 0.798. The Balaban J connectivity index is 1.58. The van der Waals surface area contributed by atoms with Crippen molar-refractivity contribution >= 4 is 17.7 Å². The Labute approximate surface area is 145 Å². The summed E-state index contributed by atoms with van der Waals surface area (Å²) in [4.78, 5) is 15.9. The number of benzene rings is 1. The van der Waals surface area contributed by atoms with E-state index in [0.29, 0.717) is 0 Å². The van der Waals surface area contributed by atoms with Crippen LogP contribution in [0.1, 0.15) is 42.9 Å². The van der Waals surface area contributed by atoms with Crippen LogP contribution < -0.4 is 0 Å². The summed E-state index contributed by atoms with van der Waals surface area (Å²) < 4.78 is 1.58. The Morgan fingerprint density at radius 2 is 2.04 bits per heavy atom. The van der Waals surface area contributed by atoms with Crippen LogP contribution in [0.2, 0.25) is 0 Å². The van der Waals surface area contributed by atoms with Crippen molar-refractivity contribution in [3.8, 4) is 0 Å². The van der Waals surface area contributed by atoms with E-state index < -0.39 is 5.97 Å². The minimum Gasteiger partial charge on any atom is -0.480 e. The average molecular weight is 343 g/mol. The van der Waals surface area contributed by atoms with E-state index in [4.69, 9.17) is 10.1 Å². The van der Waals surface area contributed by atoms with Gasteiger partial charge in [0.05, 0.1) is 11.2 Å². The third-order valence-electron chi connectivity index (χ3n) is 4.82. The molecule has 0 amide bonds. The van der Waals surface area contributed by atoms with Crippen LogP contribution in [-0.2, 0) is 22.5 Å². The molecule has 0 spiro atoms. The lowest BCUT2D eigenvalue weighted by Crippen LogP contribution is -2.15. The number of hydrogen-bond acceptors (Lipinski definition) is 4. The van der Waals surface area contributed by atoms with Gasteiger partial charge in [0, 0.05) is 0 Å². The van der Waals surface area contributed by atoms with Crippen molar-refractivity contribution in [2.75, 3.05) is 5.75 Å². The fourth-order valence-corrected chi connectivity index (χ4v) is 4.24. The summed E-state index contributed by atoms with van der Waals surface area (Å²) in [6.07, 6.45) is 4.72. The summed E-state index contributed by atoms with van der Waals surface area (Å²) in [5, 5.41) is 13.8. The molecule has 1 aromatic carbocycles. The van der Waals surface area contributed by atoms with Crippen LogP contribution in [0, 0.1) is 5.92 Å². The van der Waals surface area contributed by atoms with E-state index in [9.17, 15) is 4.79 Å². The Hall–Kier alpha value is -1.82. The molecule has 0 bridgehead atoms. The molecule has 2 saturated carbocycles. The van der Waals surface area contributed by atoms with Gasteiger partial charge in [0.15, 0.2) is 5.82 Å². The van der Waals surface area contributed by atoms with Gasteiger partial charge in [-0.2, -0.15) is 16.9 Å². The molecule has 126 valence electrons. The highest BCUT2D eigenvalue weighted by atomic mass is 32.2. The van der Waals surface area contributed by atoms with Crippen molar-refractivity contribution in [1.29, 1.82) is 0 Å². The molecule has 1 heterocycles. The standard InChI is InChI=1S/C18H21N3O2S/c22-16(23)10-21-15(12-24-11-13-6-7-13)19-17(20-21)18(8-9-18)14-4-2-1-3-5-14/h1-5,13H,6-12H2,(H,22,23). The van der Waals surface area contributed by atoms with E-state index in [1.54, 1.807) is 4.68 Å². The summed E-state index contributed by atoms with van der Waals surface area (Å²) in [6.45, 7) is -0.114. The van der Waals surface area contributed by atoms with Crippen molar-refractivity contribution in [1.82, 2.24) is 14.8 Å². The van der Waals surface area contributed by atoms with Crippen LogP contribution in [0.25, 0.3) is 0 Å². The molecule has 4 rings (SSSR count). The smallest absolute Gasteiger partial charge is 0.325 e. The van der Waals surface area contributed by atoms with Crippen molar-refractivity contribution in [3.63, 3.8) is 0 Å². The Bertz CT molecular complexity index is 736. The highest BCUT2D eigenvalue weighted by Gasteiger charge is 2.49. The summed E-state index contributed by atoms with van der Waals surface area (Å²) in [5.41, 5.74) is 1.12. The monoisotopic (exact) mass is 343 g/mol. The van der Waals surface area contributed by atoms with Gasteiger partial charge in [-0.3, -0.25) is 4.79 Å². The lowest BCUT2D eigenvalue weighted by Gasteiger charge is -2.11. The Morgan fingerprint density at radius 3 is 2.67 bits per heavy atom. The first-order valence-corrected chi connectivity index (χ1v) is 9.62. The number of nitrogens with zero attached hydrogens (tertiary/aromatic N) is 3. The third-order valence-corrected chi connectivity index (χ3v) is 5.99. The van der Waals surface area contributed by atoms with Crippen molar-refractivity contribution in [3.05, 3.63) is 47.5 Å². The number of carboxylic acid groups (broad SMARTS) is 1. The number of rotatable bonds is 8. The maximum Gasteiger partial charge on any atom is 0.325 e. The molecule has 0 unspecified atom stereocenters. The van der Waals surface area contributed by atoms with Crippen LogP contribution in [0.4, 0.5) is 0 Å². The van der Waals surface area contributed by atoms with Crippen LogP contribution >= 0.6 is 11.8 Å². The number of carbonyl (C=O) groups is 1. The topological polar surface area (TPSA) is 68.0 Å². The maximum absolute atomic E-state index is 11.2. The lowest BCUT2D eigenvalue weighted by atomic mass is 9.95. The minimum absolute atomic E-state index is 0.110. The van der Waals surface area contributed by atoms with E-state index >= 15 is 0 Å². The largest absolute Gasteiger partial charge is 0.480 e.